The van der Waals surface area contributed by atoms with E-state index in [0.29, 0.717) is 0 Å². The number of hydrogen-bond donors (Lipinski definition) is 1. The van der Waals surface area contributed by atoms with Crippen molar-refractivity contribution in [3.05, 3.63) is 58.1 Å². The third kappa shape index (κ3) is 4.63. The number of nitrogens with zero attached hydrogens (tertiary/aromatic N) is 1. The minimum absolute atomic E-state index is 0.0108. The van der Waals surface area contributed by atoms with Crippen LogP contribution in [-0.4, -0.2) is 26.6 Å². The molecule has 1 amide bonds. The van der Waals surface area contributed by atoms with E-state index < -0.39 is 33.6 Å². The van der Waals surface area contributed by atoms with Crippen molar-refractivity contribution in [1.29, 1.82) is 0 Å². The fourth-order valence-corrected chi connectivity index (χ4v) is 3.71. The van der Waals surface area contributed by atoms with Gasteiger partial charge in [-0.1, -0.05) is 23.2 Å². The van der Waals surface area contributed by atoms with Crippen LogP contribution < -0.4 is 9.62 Å². The van der Waals surface area contributed by atoms with Gasteiger partial charge in [0.2, 0.25) is 15.9 Å². The molecule has 26 heavy (non-hydrogen) atoms. The van der Waals surface area contributed by atoms with Crippen molar-refractivity contribution in [1.82, 2.24) is 0 Å². The zero-order chi connectivity index (χ0) is 19.6. The highest BCUT2D eigenvalue weighted by molar-refractivity contribution is 7.92. The molecule has 0 aliphatic carbocycles. The highest BCUT2D eigenvalue weighted by Gasteiger charge is 2.29. The first-order chi connectivity index (χ1) is 12.0. The van der Waals surface area contributed by atoms with Gasteiger partial charge >= 0.3 is 0 Å². The average molecular weight is 423 g/mol. The minimum atomic E-state index is -3.86. The summed E-state index contributed by atoms with van der Waals surface area (Å²) in [6.07, 6.45) is 0.927. The number of carbonyl (C=O) groups is 1. The maximum absolute atomic E-state index is 13.3. The summed E-state index contributed by atoms with van der Waals surface area (Å²) in [5.74, 6) is -2.95. The van der Waals surface area contributed by atoms with E-state index in [9.17, 15) is 22.0 Å². The summed E-state index contributed by atoms with van der Waals surface area (Å²) in [6, 6.07) is 5.72. The lowest BCUT2D eigenvalue weighted by Gasteiger charge is -2.28. The molecule has 0 aromatic heterocycles. The maximum atomic E-state index is 13.3. The summed E-state index contributed by atoms with van der Waals surface area (Å²) in [4.78, 5) is 12.4. The number of hydrogen-bond acceptors (Lipinski definition) is 3. The van der Waals surface area contributed by atoms with Gasteiger partial charge in [0.1, 0.15) is 6.04 Å². The van der Waals surface area contributed by atoms with E-state index in [1.165, 1.54) is 25.1 Å². The molecule has 0 saturated heterocycles. The van der Waals surface area contributed by atoms with Gasteiger partial charge in [-0.15, -0.1) is 0 Å². The Kier molecular flexibility index (Phi) is 6.10. The zero-order valence-electron chi connectivity index (χ0n) is 13.6. The van der Waals surface area contributed by atoms with Crippen LogP contribution in [0.5, 0.6) is 0 Å². The Bertz CT molecular complexity index is 955. The molecule has 0 unspecified atom stereocenters. The van der Waals surface area contributed by atoms with Crippen molar-refractivity contribution in [2.24, 2.45) is 0 Å². The maximum Gasteiger partial charge on any atom is 0.247 e. The lowest BCUT2D eigenvalue weighted by molar-refractivity contribution is -0.116. The SMILES string of the molecule is C[C@@H](C(=O)Nc1ccc(F)c(F)c1)N(c1ccc(Cl)c(Cl)c1)S(C)(=O)=O. The van der Waals surface area contributed by atoms with E-state index in [4.69, 9.17) is 23.2 Å². The highest BCUT2D eigenvalue weighted by Crippen LogP contribution is 2.30. The number of anilines is 2. The van der Waals surface area contributed by atoms with Gasteiger partial charge < -0.3 is 5.32 Å². The van der Waals surface area contributed by atoms with Crippen LogP contribution in [0.3, 0.4) is 0 Å². The first kappa shape index (κ1) is 20.4. The van der Waals surface area contributed by atoms with E-state index in [0.717, 1.165) is 28.8 Å². The van der Waals surface area contributed by atoms with Crippen LogP contribution in [-0.2, 0) is 14.8 Å². The Hall–Kier alpha value is -1.90. The number of amides is 1. The lowest BCUT2D eigenvalue weighted by Crippen LogP contribution is -2.45. The molecule has 0 fully saturated rings. The number of sulfonamides is 1. The van der Waals surface area contributed by atoms with Gasteiger partial charge in [0.05, 0.1) is 22.0 Å². The molecule has 2 rings (SSSR count). The molecule has 5 nitrogen and oxygen atoms in total. The molecule has 0 heterocycles. The molecule has 2 aromatic carbocycles. The second-order valence-corrected chi connectivity index (χ2v) is 8.13. The van der Waals surface area contributed by atoms with Crippen molar-refractivity contribution >= 4 is 50.5 Å². The van der Waals surface area contributed by atoms with Crippen molar-refractivity contribution in [3.8, 4) is 0 Å². The standard InChI is InChI=1S/C16H14Cl2F2N2O3S/c1-9(16(23)21-10-3-6-14(19)15(20)7-10)22(26(2,24)25)11-4-5-12(17)13(18)8-11/h3-9H,1-2H3,(H,21,23)/t9-/m0/s1. The molecular formula is C16H14Cl2F2N2O3S. The molecular weight excluding hydrogens is 409 g/mol. The Morgan fingerprint density at radius 1 is 1.08 bits per heavy atom. The highest BCUT2D eigenvalue weighted by atomic mass is 35.5. The van der Waals surface area contributed by atoms with E-state index in [-0.39, 0.29) is 21.4 Å². The summed E-state index contributed by atoms with van der Waals surface area (Å²) in [5.41, 5.74) is 0.123. The molecule has 0 bridgehead atoms. The second kappa shape index (κ2) is 7.77. The first-order valence-corrected chi connectivity index (χ1v) is 9.81. The number of halogens is 4. The fraction of sp³-hybridized carbons (Fsp3) is 0.188. The molecule has 0 saturated carbocycles. The quantitative estimate of drug-likeness (QED) is 0.789. The van der Waals surface area contributed by atoms with Gasteiger partial charge in [0.25, 0.3) is 0 Å². The van der Waals surface area contributed by atoms with Crippen LogP contribution in [0.2, 0.25) is 10.0 Å². The van der Waals surface area contributed by atoms with Crippen LogP contribution in [0.15, 0.2) is 36.4 Å². The number of carbonyl (C=O) groups excluding carboxylic acids is 1. The van der Waals surface area contributed by atoms with Gasteiger partial charge in [-0.2, -0.15) is 0 Å². The number of benzene rings is 2. The number of rotatable bonds is 5. The summed E-state index contributed by atoms with van der Waals surface area (Å²) < 4.78 is 51.5. The van der Waals surface area contributed by atoms with E-state index >= 15 is 0 Å². The summed E-state index contributed by atoms with van der Waals surface area (Å²) >= 11 is 11.8. The van der Waals surface area contributed by atoms with Crippen molar-refractivity contribution < 1.29 is 22.0 Å². The van der Waals surface area contributed by atoms with E-state index in [1.54, 1.807) is 0 Å². The van der Waals surface area contributed by atoms with Crippen LogP contribution in [0, 0.1) is 11.6 Å². The van der Waals surface area contributed by atoms with Crippen LogP contribution in [0.1, 0.15) is 6.92 Å². The predicted octanol–water partition coefficient (Wildman–Crippen LogP) is 4.06. The van der Waals surface area contributed by atoms with Crippen molar-refractivity contribution in [3.63, 3.8) is 0 Å². The van der Waals surface area contributed by atoms with Crippen molar-refractivity contribution in [2.75, 3.05) is 15.9 Å². The molecule has 140 valence electrons. The Balaban J connectivity index is 2.34. The molecule has 1 atom stereocenters. The van der Waals surface area contributed by atoms with Crippen molar-refractivity contribution in [2.45, 2.75) is 13.0 Å². The molecule has 0 aliphatic rings. The van der Waals surface area contributed by atoms with E-state index in [2.05, 4.69) is 5.32 Å². The Morgan fingerprint density at radius 3 is 2.27 bits per heavy atom. The lowest BCUT2D eigenvalue weighted by atomic mass is 10.2. The third-order valence-corrected chi connectivity index (χ3v) is 5.41. The molecule has 0 aliphatic heterocycles. The molecule has 10 heteroatoms. The van der Waals surface area contributed by atoms with Crippen LogP contribution in [0.4, 0.5) is 20.2 Å². The zero-order valence-corrected chi connectivity index (χ0v) is 16.0. The summed E-state index contributed by atoms with van der Waals surface area (Å²) in [6.45, 7) is 1.35. The van der Waals surface area contributed by atoms with Gasteiger partial charge in [-0.05, 0) is 37.3 Å². The number of nitrogens with one attached hydrogen (secondary N) is 1. The van der Waals surface area contributed by atoms with Gasteiger partial charge in [0, 0.05) is 11.8 Å². The van der Waals surface area contributed by atoms with Gasteiger partial charge in [-0.3, -0.25) is 9.10 Å². The Morgan fingerprint density at radius 2 is 1.73 bits per heavy atom. The predicted molar refractivity (Wildman–Crippen MR) is 98.2 cm³/mol. The minimum Gasteiger partial charge on any atom is -0.324 e. The second-order valence-electron chi connectivity index (χ2n) is 5.45. The normalized spacial score (nSPS) is 12.5. The van der Waals surface area contributed by atoms with E-state index in [1.807, 2.05) is 0 Å². The smallest absolute Gasteiger partial charge is 0.247 e. The van der Waals surface area contributed by atoms with Gasteiger partial charge in [0.15, 0.2) is 11.6 Å². The molecule has 1 N–H and O–H groups in total. The van der Waals surface area contributed by atoms with Crippen LogP contribution in [0.25, 0.3) is 0 Å². The summed E-state index contributed by atoms with van der Waals surface area (Å²) in [5, 5.41) is 2.69. The first-order valence-electron chi connectivity index (χ1n) is 7.21. The monoisotopic (exact) mass is 422 g/mol. The summed E-state index contributed by atoms with van der Waals surface area (Å²) in [7, 11) is -3.86. The third-order valence-electron chi connectivity index (χ3n) is 3.43. The largest absolute Gasteiger partial charge is 0.324 e. The Labute approximate surface area is 159 Å². The average Bonchev–Trinajstić information content (AvgIpc) is 2.53. The molecule has 0 radical (unpaired) electrons. The fourth-order valence-electron chi connectivity index (χ4n) is 2.25. The van der Waals surface area contributed by atoms with Gasteiger partial charge in [-0.25, -0.2) is 17.2 Å². The van der Waals surface area contributed by atoms with Crippen LogP contribution >= 0.6 is 23.2 Å². The molecule has 2 aromatic rings. The topological polar surface area (TPSA) is 66.5 Å². The molecule has 0 spiro atoms.